The van der Waals surface area contributed by atoms with Crippen LogP contribution in [0.25, 0.3) is 0 Å². The Morgan fingerprint density at radius 1 is 1.53 bits per heavy atom. The van der Waals surface area contributed by atoms with Crippen LogP contribution in [0.3, 0.4) is 0 Å². The first-order chi connectivity index (χ1) is 9.13. The monoisotopic (exact) mass is 261 g/mol. The molecule has 2 N–H and O–H groups in total. The van der Waals surface area contributed by atoms with E-state index in [9.17, 15) is 4.39 Å². The number of nitriles is 1. The highest BCUT2D eigenvalue weighted by atomic mass is 19.1. The number of rotatable bonds is 3. The van der Waals surface area contributed by atoms with Crippen LogP contribution < -0.4 is 5.73 Å². The Balaban J connectivity index is 2.04. The van der Waals surface area contributed by atoms with Crippen molar-refractivity contribution in [3.8, 4) is 6.07 Å². The third-order valence-corrected chi connectivity index (χ3v) is 3.98. The summed E-state index contributed by atoms with van der Waals surface area (Å²) >= 11 is 0. The lowest BCUT2D eigenvalue weighted by Crippen LogP contribution is -2.46. The van der Waals surface area contributed by atoms with Crippen molar-refractivity contribution in [2.45, 2.75) is 32.4 Å². The zero-order valence-electron chi connectivity index (χ0n) is 11.3. The van der Waals surface area contributed by atoms with Gasteiger partial charge in [0.15, 0.2) is 0 Å². The van der Waals surface area contributed by atoms with Gasteiger partial charge in [0.25, 0.3) is 0 Å². The molecule has 0 aliphatic carbocycles. The number of hydrogen-bond acceptors (Lipinski definition) is 3. The van der Waals surface area contributed by atoms with Crippen LogP contribution in [-0.4, -0.2) is 24.0 Å². The Morgan fingerprint density at radius 3 is 2.95 bits per heavy atom. The molecule has 2 atom stereocenters. The summed E-state index contributed by atoms with van der Waals surface area (Å²) in [6.45, 7) is 4.59. The molecule has 0 radical (unpaired) electrons. The number of benzene rings is 1. The molecule has 1 fully saturated rings. The molecule has 1 aromatic rings. The van der Waals surface area contributed by atoms with Gasteiger partial charge in [-0.1, -0.05) is 19.4 Å². The summed E-state index contributed by atoms with van der Waals surface area (Å²) in [6, 6.07) is 6.91. The van der Waals surface area contributed by atoms with Gasteiger partial charge in [0.2, 0.25) is 0 Å². The molecule has 0 bridgehead atoms. The van der Waals surface area contributed by atoms with Crippen molar-refractivity contribution in [2.75, 3.05) is 13.1 Å². The van der Waals surface area contributed by atoms with E-state index in [0.717, 1.165) is 25.9 Å². The summed E-state index contributed by atoms with van der Waals surface area (Å²) in [4.78, 5) is 2.25. The van der Waals surface area contributed by atoms with E-state index in [-0.39, 0.29) is 11.9 Å². The smallest absolute Gasteiger partial charge is 0.129 e. The molecule has 0 spiro atoms. The lowest BCUT2D eigenvalue weighted by molar-refractivity contribution is 0.144. The van der Waals surface area contributed by atoms with Crippen LogP contribution in [-0.2, 0) is 6.54 Å². The summed E-state index contributed by atoms with van der Waals surface area (Å²) in [5.41, 5.74) is 7.10. The van der Waals surface area contributed by atoms with Crippen LogP contribution in [0, 0.1) is 23.1 Å². The van der Waals surface area contributed by atoms with Crippen molar-refractivity contribution in [2.24, 2.45) is 11.7 Å². The Bertz CT molecular complexity index is 481. The number of hydrogen-bond donors (Lipinski definition) is 1. The molecule has 4 heteroatoms. The van der Waals surface area contributed by atoms with Crippen LogP contribution in [0.1, 0.15) is 30.9 Å². The van der Waals surface area contributed by atoms with E-state index < -0.39 is 0 Å². The van der Waals surface area contributed by atoms with Gasteiger partial charge in [-0.3, -0.25) is 4.90 Å². The van der Waals surface area contributed by atoms with Gasteiger partial charge in [-0.2, -0.15) is 5.26 Å². The summed E-state index contributed by atoms with van der Waals surface area (Å²) in [6.07, 6.45) is 2.03. The van der Waals surface area contributed by atoms with Crippen LogP contribution in [0.4, 0.5) is 4.39 Å². The second-order valence-electron chi connectivity index (χ2n) is 5.27. The number of nitrogens with two attached hydrogens (primary N) is 1. The lowest BCUT2D eigenvalue weighted by atomic mass is 9.90. The maximum Gasteiger partial charge on any atom is 0.129 e. The summed E-state index contributed by atoms with van der Waals surface area (Å²) < 4.78 is 13.8. The molecule has 1 saturated heterocycles. The highest BCUT2D eigenvalue weighted by molar-refractivity contribution is 5.32. The van der Waals surface area contributed by atoms with Crippen molar-refractivity contribution in [1.29, 1.82) is 5.26 Å². The fourth-order valence-corrected chi connectivity index (χ4v) is 2.69. The predicted octanol–water partition coefficient (Wildman–Crippen LogP) is 2.26. The molecular formula is C15H20FN3. The second-order valence-corrected chi connectivity index (χ2v) is 5.27. The van der Waals surface area contributed by atoms with Crippen LogP contribution >= 0.6 is 0 Å². The fraction of sp³-hybridized carbons (Fsp3) is 0.533. The average molecular weight is 261 g/mol. The van der Waals surface area contributed by atoms with Gasteiger partial charge >= 0.3 is 0 Å². The molecule has 2 unspecified atom stereocenters. The fourth-order valence-electron chi connectivity index (χ4n) is 2.69. The zero-order valence-corrected chi connectivity index (χ0v) is 11.3. The SMILES string of the molecule is CCC1CN(Cc2ccc(C#N)cc2F)CCC1N. The highest BCUT2D eigenvalue weighted by Gasteiger charge is 2.25. The van der Waals surface area contributed by atoms with Crippen molar-refractivity contribution < 1.29 is 4.39 Å². The van der Waals surface area contributed by atoms with Gasteiger partial charge in [-0.05, 0) is 31.0 Å². The van der Waals surface area contributed by atoms with Crippen molar-refractivity contribution in [1.82, 2.24) is 4.90 Å². The standard InChI is InChI=1S/C15H20FN3/c1-2-12-9-19(6-5-15(12)18)10-13-4-3-11(8-17)7-14(13)16/h3-4,7,12,15H,2,5-6,9-10,18H2,1H3. The van der Waals surface area contributed by atoms with Gasteiger partial charge in [0, 0.05) is 24.7 Å². The van der Waals surface area contributed by atoms with Crippen LogP contribution in [0.5, 0.6) is 0 Å². The number of likely N-dealkylation sites (tertiary alicyclic amines) is 1. The molecule has 0 aromatic heterocycles. The first kappa shape index (κ1) is 14.0. The summed E-state index contributed by atoms with van der Waals surface area (Å²) in [5, 5.41) is 8.73. The minimum atomic E-state index is -0.290. The first-order valence-electron chi connectivity index (χ1n) is 6.80. The molecule has 1 aliphatic rings. The molecule has 1 aliphatic heterocycles. The second kappa shape index (κ2) is 6.14. The maximum atomic E-state index is 13.8. The van der Waals surface area contributed by atoms with Crippen LogP contribution in [0.2, 0.25) is 0 Å². The molecule has 3 nitrogen and oxygen atoms in total. The van der Waals surface area contributed by atoms with Crippen molar-refractivity contribution >= 4 is 0 Å². The van der Waals surface area contributed by atoms with E-state index in [1.54, 1.807) is 12.1 Å². The van der Waals surface area contributed by atoms with Gasteiger partial charge in [-0.25, -0.2) is 4.39 Å². The largest absolute Gasteiger partial charge is 0.327 e. The molecule has 102 valence electrons. The molecule has 19 heavy (non-hydrogen) atoms. The highest BCUT2D eigenvalue weighted by Crippen LogP contribution is 2.21. The Kier molecular flexibility index (Phi) is 4.52. The van der Waals surface area contributed by atoms with Gasteiger partial charge in [0.05, 0.1) is 11.6 Å². The third-order valence-electron chi connectivity index (χ3n) is 3.98. The van der Waals surface area contributed by atoms with E-state index in [4.69, 9.17) is 11.0 Å². The lowest BCUT2D eigenvalue weighted by Gasteiger charge is -2.36. The Hall–Kier alpha value is -1.44. The van der Waals surface area contributed by atoms with Crippen molar-refractivity contribution in [3.63, 3.8) is 0 Å². The van der Waals surface area contributed by atoms with E-state index in [0.29, 0.717) is 23.6 Å². The first-order valence-corrected chi connectivity index (χ1v) is 6.80. The molecular weight excluding hydrogens is 241 g/mol. The normalized spacial score (nSPS) is 24.1. The number of nitrogens with zero attached hydrogens (tertiary/aromatic N) is 2. The zero-order chi connectivity index (χ0) is 13.8. The molecule has 1 heterocycles. The van der Waals surface area contributed by atoms with E-state index in [1.165, 1.54) is 6.07 Å². The van der Waals surface area contributed by atoms with Gasteiger partial charge in [-0.15, -0.1) is 0 Å². The predicted molar refractivity (Wildman–Crippen MR) is 72.8 cm³/mol. The quantitative estimate of drug-likeness (QED) is 0.908. The molecule has 0 amide bonds. The minimum Gasteiger partial charge on any atom is -0.327 e. The van der Waals surface area contributed by atoms with E-state index in [2.05, 4.69) is 11.8 Å². The third kappa shape index (κ3) is 3.31. The Morgan fingerprint density at radius 2 is 2.32 bits per heavy atom. The van der Waals surface area contributed by atoms with Crippen LogP contribution in [0.15, 0.2) is 18.2 Å². The number of halogens is 1. The van der Waals surface area contributed by atoms with Crippen molar-refractivity contribution in [3.05, 3.63) is 35.1 Å². The summed E-state index contributed by atoms with van der Waals surface area (Å²) in [5.74, 6) is 0.206. The number of piperidine rings is 1. The van der Waals surface area contributed by atoms with E-state index >= 15 is 0 Å². The maximum absolute atomic E-state index is 13.8. The van der Waals surface area contributed by atoms with Gasteiger partial charge in [0.1, 0.15) is 5.82 Å². The Labute approximate surface area is 113 Å². The minimum absolute atomic E-state index is 0.270. The van der Waals surface area contributed by atoms with Gasteiger partial charge < -0.3 is 5.73 Å². The molecule has 0 saturated carbocycles. The molecule has 2 rings (SSSR count). The van der Waals surface area contributed by atoms with E-state index in [1.807, 2.05) is 6.07 Å². The summed E-state index contributed by atoms with van der Waals surface area (Å²) in [7, 11) is 0. The molecule has 1 aromatic carbocycles. The average Bonchev–Trinajstić information content (AvgIpc) is 2.43. The topological polar surface area (TPSA) is 53.0 Å².